The van der Waals surface area contributed by atoms with E-state index >= 15 is 0 Å². The van der Waals surface area contributed by atoms with Gasteiger partial charge in [0.25, 0.3) is 5.91 Å². The molecule has 1 aromatic heterocycles. The summed E-state index contributed by atoms with van der Waals surface area (Å²) in [6, 6.07) is 3.42. The van der Waals surface area contributed by atoms with Crippen LogP contribution in [0.25, 0.3) is 0 Å². The number of pyridine rings is 1. The molecule has 2 rings (SSSR count). The molecule has 0 unspecified atom stereocenters. The minimum Gasteiger partial charge on any atom is -0.351 e. The lowest BCUT2D eigenvalue weighted by atomic mass is 9.67. The summed E-state index contributed by atoms with van der Waals surface area (Å²) in [6.07, 6.45) is 6.40. The second kappa shape index (κ2) is 5.05. The number of nitrogens with one attached hydrogen (secondary N) is 1. The molecule has 1 saturated carbocycles. The molecular formula is C13H17ClN2O. The molecule has 1 aromatic rings. The van der Waals surface area contributed by atoms with Crippen molar-refractivity contribution in [2.45, 2.75) is 32.6 Å². The van der Waals surface area contributed by atoms with Gasteiger partial charge in [0.05, 0.1) is 5.56 Å². The third kappa shape index (κ3) is 2.60. The van der Waals surface area contributed by atoms with Crippen LogP contribution in [-0.4, -0.2) is 17.4 Å². The Morgan fingerprint density at radius 3 is 2.88 bits per heavy atom. The molecule has 0 aromatic carbocycles. The van der Waals surface area contributed by atoms with E-state index in [1.165, 1.54) is 19.3 Å². The second-order valence-electron chi connectivity index (χ2n) is 4.73. The number of halogens is 1. The smallest absolute Gasteiger partial charge is 0.254 e. The van der Waals surface area contributed by atoms with E-state index in [1.54, 1.807) is 18.3 Å². The maximum atomic E-state index is 11.9. The second-order valence-corrected chi connectivity index (χ2v) is 5.09. The summed E-state index contributed by atoms with van der Waals surface area (Å²) in [7, 11) is 0. The Bertz CT molecular complexity index is 410. The zero-order valence-corrected chi connectivity index (χ0v) is 10.8. The predicted octanol–water partition coefficient (Wildman–Crippen LogP) is 3.05. The SMILES string of the molecule is CCC1(CNC(=O)c2cccnc2Cl)CCC1. The maximum absolute atomic E-state index is 11.9. The zero-order valence-electron chi connectivity index (χ0n) is 10.0. The first-order valence-electron chi connectivity index (χ1n) is 6.06. The van der Waals surface area contributed by atoms with Crippen LogP contribution in [0.5, 0.6) is 0 Å². The third-order valence-electron chi connectivity index (χ3n) is 3.79. The van der Waals surface area contributed by atoms with Crippen LogP contribution in [0.1, 0.15) is 43.0 Å². The van der Waals surface area contributed by atoms with Crippen molar-refractivity contribution in [1.82, 2.24) is 10.3 Å². The lowest BCUT2D eigenvalue weighted by Gasteiger charge is -2.41. The van der Waals surface area contributed by atoms with Gasteiger partial charge >= 0.3 is 0 Å². The Morgan fingerprint density at radius 1 is 1.59 bits per heavy atom. The topological polar surface area (TPSA) is 42.0 Å². The normalized spacial score (nSPS) is 17.3. The molecule has 0 atom stereocenters. The molecule has 92 valence electrons. The highest BCUT2D eigenvalue weighted by atomic mass is 35.5. The van der Waals surface area contributed by atoms with Crippen molar-refractivity contribution in [3.63, 3.8) is 0 Å². The first-order valence-corrected chi connectivity index (χ1v) is 6.43. The van der Waals surface area contributed by atoms with E-state index in [0.29, 0.717) is 11.0 Å². The average molecular weight is 253 g/mol. The van der Waals surface area contributed by atoms with E-state index in [2.05, 4.69) is 17.2 Å². The van der Waals surface area contributed by atoms with Gasteiger partial charge in [0.1, 0.15) is 5.15 Å². The van der Waals surface area contributed by atoms with E-state index in [4.69, 9.17) is 11.6 Å². The van der Waals surface area contributed by atoms with Crippen LogP contribution < -0.4 is 5.32 Å². The fourth-order valence-electron chi connectivity index (χ4n) is 2.25. The number of carbonyl (C=O) groups excluding carboxylic acids is 1. The molecule has 1 aliphatic carbocycles. The molecule has 3 nitrogen and oxygen atoms in total. The van der Waals surface area contributed by atoms with Crippen molar-refractivity contribution < 1.29 is 4.79 Å². The number of hydrogen-bond acceptors (Lipinski definition) is 2. The van der Waals surface area contributed by atoms with Crippen molar-refractivity contribution in [1.29, 1.82) is 0 Å². The van der Waals surface area contributed by atoms with E-state index in [0.717, 1.165) is 13.0 Å². The van der Waals surface area contributed by atoms with Crippen molar-refractivity contribution in [2.75, 3.05) is 6.54 Å². The first-order chi connectivity index (χ1) is 8.17. The van der Waals surface area contributed by atoms with Gasteiger partial charge in [-0.1, -0.05) is 24.9 Å². The van der Waals surface area contributed by atoms with Crippen LogP contribution in [0.15, 0.2) is 18.3 Å². The molecule has 4 heteroatoms. The van der Waals surface area contributed by atoms with Gasteiger partial charge in [0.15, 0.2) is 0 Å². The summed E-state index contributed by atoms with van der Waals surface area (Å²) in [5.74, 6) is -0.122. The van der Waals surface area contributed by atoms with Gasteiger partial charge < -0.3 is 5.32 Å². The zero-order chi connectivity index (χ0) is 12.3. The minimum atomic E-state index is -0.122. The Hall–Kier alpha value is -1.09. The molecule has 0 spiro atoms. The molecule has 1 fully saturated rings. The number of aromatic nitrogens is 1. The van der Waals surface area contributed by atoms with Crippen molar-refractivity contribution in [2.24, 2.45) is 5.41 Å². The molecule has 1 amide bonds. The molecule has 17 heavy (non-hydrogen) atoms. The maximum Gasteiger partial charge on any atom is 0.254 e. The Balaban J connectivity index is 1.96. The van der Waals surface area contributed by atoms with Gasteiger partial charge in [0.2, 0.25) is 0 Å². The largest absolute Gasteiger partial charge is 0.351 e. The van der Waals surface area contributed by atoms with E-state index in [9.17, 15) is 4.79 Å². The van der Waals surface area contributed by atoms with Crippen LogP contribution in [-0.2, 0) is 0 Å². The Morgan fingerprint density at radius 2 is 2.35 bits per heavy atom. The summed E-state index contributed by atoms with van der Waals surface area (Å²) >= 11 is 5.88. The summed E-state index contributed by atoms with van der Waals surface area (Å²) in [5, 5.41) is 3.24. The van der Waals surface area contributed by atoms with Crippen LogP contribution in [0.2, 0.25) is 5.15 Å². The van der Waals surface area contributed by atoms with Crippen LogP contribution in [0.4, 0.5) is 0 Å². The lowest BCUT2D eigenvalue weighted by molar-refractivity contribution is 0.0850. The number of carbonyl (C=O) groups is 1. The third-order valence-corrected chi connectivity index (χ3v) is 4.09. The van der Waals surface area contributed by atoms with Gasteiger partial charge in [-0.25, -0.2) is 4.98 Å². The van der Waals surface area contributed by atoms with Gasteiger partial charge in [-0.3, -0.25) is 4.79 Å². The molecule has 0 radical (unpaired) electrons. The summed E-state index contributed by atoms with van der Waals surface area (Å²) < 4.78 is 0. The van der Waals surface area contributed by atoms with Gasteiger partial charge in [0, 0.05) is 12.7 Å². The fraction of sp³-hybridized carbons (Fsp3) is 0.538. The number of rotatable bonds is 4. The molecule has 0 saturated heterocycles. The fourth-order valence-corrected chi connectivity index (χ4v) is 2.46. The highest BCUT2D eigenvalue weighted by Gasteiger charge is 2.35. The first kappa shape index (κ1) is 12.4. The molecule has 1 aliphatic rings. The van der Waals surface area contributed by atoms with Gasteiger partial charge in [-0.05, 0) is 36.8 Å². The highest BCUT2D eigenvalue weighted by Crippen LogP contribution is 2.43. The van der Waals surface area contributed by atoms with Crippen molar-refractivity contribution in [3.05, 3.63) is 29.0 Å². The minimum absolute atomic E-state index is 0.122. The quantitative estimate of drug-likeness (QED) is 0.837. The van der Waals surface area contributed by atoms with Crippen molar-refractivity contribution in [3.8, 4) is 0 Å². The Kier molecular flexibility index (Phi) is 3.67. The molecule has 0 bridgehead atoms. The van der Waals surface area contributed by atoms with Gasteiger partial charge in [-0.2, -0.15) is 0 Å². The molecule has 1 heterocycles. The lowest BCUT2D eigenvalue weighted by Crippen LogP contribution is -2.41. The predicted molar refractivity (Wildman–Crippen MR) is 68.2 cm³/mol. The molecule has 0 aliphatic heterocycles. The standard InChI is InChI=1S/C13H17ClN2O/c1-2-13(6-4-7-13)9-16-12(17)10-5-3-8-15-11(10)14/h3,5,8H,2,4,6-7,9H2,1H3,(H,16,17). The van der Waals surface area contributed by atoms with E-state index in [1.807, 2.05) is 0 Å². The molecule has 1 N–H and O–H groups in total. The van der Waals surface area contributed by atoms with E-state index < -0.39 is 0 Å². The van der Waals surface area contributed by atoms with Crippen LogP contribution in [0, 0.1) is 5.41 Å². The number of nitrogens with zero attached hydrogens (tertiary/aromatic N) is 1. The monoisotopic (exact) mass is 252 g/mol. The Labute approximate surface area is 107 Å². The van der Waals surface area contributed by atoms with Gasteiger partial charge in [-0.15, -0.1) is 0 Å². The summed E-state index contributed by atoms with van der Waals surface area (Å²) in [6.45, 7) is 2.93. The van der Waals surface area contributed by atoms with Crippen LogP contribution in [0.3, 0.4) is 0 Å². The molecular weight excluding hydrogens is 236 g/mol. The summed E-state index contributed by atoms with van der Waals surface area (Å²) in [4.78, 5) is 15.8. The number of hydrogen-bond donors (Lipinski definition) is 1. The summed E-state index contributed by atoms with van der Waals surface area (Å²) in [5.41, 5.74) is 0.782. The average Bonchev–Trinajstić information content (AvgIpc) is 2.28. The number of amides is 1. The van der Waals surface area contributed by atoms with Crippen molar-refractivity contribution >= 4 is 17.5 Å². The highest BCUT2D eigenvalue weighted by molar-refractivity contribution is 6.32. The van der Waals surface area contributed by atoms with Crippen LogP contribution >= 0.6 is 11.6 Å². The van der Waals surface area contributed by atoms with E-state index in [-0.39, 0.29) is 11.1 Å².